The van der Waals surface area contributed by atoms with Gasteiger partial charge < -0.3 is 0 Å². The SMILES string of the molecule is CS(=O)(=O)c1ccccc1SSc1ccccc1S(C)(=O)=O. The molecule has 4 nitrogen and oxygen atoms in total. The van der Waals surface area contributed by atoms with Gasteiger partial charge in [-0.3, -0.25) is 0 Å². The molecule has 0 aliphatic carbocycles. The Hall–Kier alpha value is -0.960. The quantitative estimate of drug-likeness (QED) is 0.748. The van der Waals surface area contributed by atoms with Crippen LogP contribution in [0.2, 0.25) is 0 Å². The van der Waals surface area contributed by atoms with Crippen LogP contribution in [0, 0.1) is 0 Å². The first-order chi connectivity index (χ1) is 10.2. The van der Waals surface area contributed by atoms with Crippen molar-refractivity contribution in [3.63, 3.8) is 0 Å². The van der Waals surface area contributed by atoms with E-state index in [4.69, 9.17) is 0 Å². The van der Waals surface area contributed by atoms with Crippen LogP contribution in [0.25, 0.3) is 0 Å². The van der Waals surface area contributed by atoms with Crippen LogP contribution >= 0.6 is 21.6 Å². The molecular formula is C14H14O4S4. The molecule has 2 aromatic rings. The highest BCUT2D eigenvalue weighted by Crippen LogP contribution is 2.42. The zero-order valence-corrected chi connectivity index (χ0v) is 15.2. The van der Waals surface area contributed by atoms with E-state index in [1.165, 1.54) is 21.6 Å². The second kappa shape index (κ2) is 6.66. The van der Waals surface area contributed by atoms with Crippen LogP contribution in [0.5, 0.6) is 0 Å². The van der Waals surface area contributed by atoms with Crippen LogP contribution in [0.3, 0.4) is 0 Å². The van der Waals surface area contributed by atoms with Crippen molar-refractivity contribution in [3.05, 3.63) is 48.5 Å². The zero-order valence-electron chi connectivity index (χ0n) is 11.9. The monoisotopic (exact) mass is 374 g/mol. The average Bonchev–Trinajstić information content (AvgIpc) is 2.44. The van der Waals surface area contributed by atoms with E-state index in [0.29, 0.717) is 9.79 Å². The highest BCUT2D eigenvalue weighted by Gasteiger charge is 2.16. The van der Waals surface area contributed by atoms with Gasteiger partial charge in [-0.15, -0.1) is 0 Å². The van der Waals surface area contributed by atoms with Crippen molar-refractivity contribution >= 4 is 41.3 Å². The molecular weight excluding hydrogens is 360 g/mol. The fraction of sp³-hybridized carbons (Fsp3) is 0.143. The molecule has 0 aliphatic heterocycles. The lowest BCUT2D eigenvalue weighted by molar-refractivity contribution is 0.598. The molecule has 0 heterocycles. The maximum absolute atomic E-state index is 11.8. The molecule has 0 aromatic heterocycles. The lowest BCUT2D eigenvalue weighted by atomic mass is 10.4. The molecule has 0 radical (unpaired) electrons. The molecule has 2 aromatic carbocycles. The normalized spacial score (nSPS) is 12.3. The number of hydrogen-bond acceptors (Lipinski definition) is 6. The van der Waals surface area contributed by atoms with Crippen molar-refractivity contribution in [1.29, 1.82) is 0 Å². The van der Waals surface area contributed by atoms with Crippen molar-refractivity contribution in [2.24, 2.45) is 0 Å². The summed E-state index contributed by atoms with van der Waals surface area (Å²) < 4.78 is 47.1. The Morgan fingerprint density at radius 2 is 0.955 bits per heavy atom. The Morgan fingerprint density at radius 1 is 0.636 bits per heavy atom. The van der Waals surface area contributed by atoms with Gasteiger partial charge in [0.2, 0.25) is 0 Å². The van der Waals surface area contributed by atoms with Crippen molar-refractivity contribution in [2.45, 2.75) is 19.6 Å². The fourth-order valence-electron chi connectivity index (χ4n) is 1.74. The highest BCUT2D eigenvalue weighted by atomic mass is 33.1. The summed E-state index contributed by atoms with van der Waals surface area (Å²) >= 11 is 0. The van der Waals surface area contributed by atoms with Crippen LogP contribution in [-0.2, 0) is 19.7 Å². The van der Waals surface area contributed by atoms with Crippen LogP contribution < -0.4 is 0 Å². The summed E-state index contributed by atoms with van der Waals surface area (Å²) in [6.07, 6.45) is 2.31. The fourth-order valence-corrected chi connectivity index (χ4v) is 6.89. The smallest absolute Gasteiger partial charge is 0.176 e. The number of hydrogen-bond donors (Lipinski definition) is 0. The minimum Gasteiger partial charge on any atom is -0.224 e. The molecule has 0 N–H and O–H groups in total. The van der Waals surface area contributed by atoms with E-state index in [2.05, 4.69) is 0 Å². The van der Waals surface area contributed by atoms with E-state index in [1.54, 1.807) is 48.5 Å². The minimum absolute atomic E-state index is 0.240. The third-order valence-electron chi connectivity index (χ3n) is 2.72. The van der Waals surface area contributed by atoms with Crippen LogP contribution in [0.1, 0.15) is 0 Å². The van der Waals surface area contributed by atoms with Gasteiger partial charge in [0.25, 0.3) is 0 Å². The number of sulfone groups is 2. The molecule has 0 atom stereocenters. The molecule has 118 valence electrons. The van der Waals surface area contributed by atoms with E-state index in [0.717, 1.165) is 12.5 Å². The number of benzene rings is 2. The van der Waals surface area contributed by atoms with Gasteiger partial charge in [0, 0.05) is 22.3 Å². The summed E-state index contributed by atoms with van der Waals surface area (Å²) in [4.78, 5) is 1.64. The summed E-state index contributed by atoms with van der Waals surface area (Å²) in [5.74, 6) is 0. The Morgan fingerprint density at radius 3 is 1.27 bits per heavy atom. The summed E-state index contributed by atoms with van der Waals surface area (Å²) in [5.41, 5.74) is 0. The van der Waals surface area contributed by atoms with Gasteiger partial charge in [-0.1, -0.05) is 45.9 Å². The van der Waals surface area contributed by atoms with Crippen molar-refractivity contribution in [2.75, 3.05) is 12.5 Å². The van der Waals surface area contributed by atoms with Crippen LogP contribution in [0.15, 0.2) is 68.1 Å². The molecule has 0 amide bonds. The molecule has 0 saturated heterocycles. The Kier molecular flexibility index (Phi) is 5.26. The van der Waals surface area contributed by atoms with E-state index in [9.17, 15) is 16.8 Å². The Labute approximate surface area is 138 Å². The largest absolute Gasteiger partial charge is 0.224 e. The third kappa shape index (κ3) is 4.28. The van der Waals surface area contributed by atoms with Gasteiger partial charge in [-0.2, -0.15) is 0 Å². The van der Waals surface area contributed by atoms with Gasteiger partial charge in [-0.25, -0.2) is 16.8 Å². The van der Waals surface area contributed by atoms with Gasteiger partial charge in [-0.05, 0) is 24.3 Å². The summed E-state index contributed by atoms with van der Waals surface area (Å²) in [7, 11) is -4.20. The molecule has 0 fully saturated rings. The number of rotatable bonds is 5. The minimum atomic E-state index is -3.33. The van der Waals surface area contributed by atoms with E-state index in [-0.39, 0.29) is 9.79 Å². The predicted molar refractivity (Wildman–Crippen MR) is 90.8 cm³/mol. The van der Waals surface area contributed by atoms with Crippen LogP contribution in [-0.4, -0.2) is 29.3 Å². The molecule has 22 heavy (non-hydrogen) atoms. The highest BCUT2D eigenvalue weighted by molar-refractivity contribution is 8.76. The van der Waals surface area contributed by atoms with Crippen LogP contribution in [0.4, 0.5) is 0 Å². The average molecular weight is 375 g/mol. The summed E-state index contributed by atoms with van der Waals surface area (Å²) in [6, 6.07) is 13.3. The summed E-state index contributed by atoms with van der Waals surface area (Å²) in [6.45, 7) is 0. The van der Waals surface area contributed by atoms with E-state index >= 15 is 0 Å². The topological polar surface area (TPSA) is 68.3 Å². The first-order valence-electron chi connectivity index (χ1n) is 6.12. The molecule has 0 spiro atoms. The maximum Gasteiger partial charge on any atom is 0.176 e. The molecule has 2 rings (SSSR count). The molecule has 0 bridgehead atoms. The second-order valence-electron chi connectivity index (χ2n) is 4.60. The lowest BCUT2D eigenvalue weighted by Gasteiger charge is -2.09. The van der Waals surface area contributed by atoms with E-state index in [1.807, 2.05) is 0 Å². The van der Waals surface area contributed by atoms with E-state index < -0.39 is 19.7 Å². The van der Waals surface area contributed by atoms with Gasteiger partial charge in [0.05, 0.1) is 9.79 Å². The van der Waals surface area contributed by atoms with Gasteiger partial charge >= 0.3 is 0 Å². The zero-order chi connectivity index (χ0) is 16.4. The molecule has 8 heteroatoms. The molecule has 0 saturated carbocycles. The van der Waals surface area contributed by atoms with Gasteiger partial charge in [0.15, 0.2) is 19.7 Å². The molecule has 0 aliphatic rings. The lowest BCUT2D eigenvalue weighted by Crippen LogP contribution is -1.99. The third-order valence-corrected chi connectivity index (χ3v) is 7.77. The van der Waals surface area contributed by atoms with Crippen molar-refractivity contribution in [1.82, 2.24) is 0 Å². The van der Waals surface area contributed by atoms with Crippen molar-refractivity contribution in [3.8, 4) is 0 Å². The summed E-state index contributed by atoms with van der Waals surface area (Å²) in [5, 5.41) is 0. The second-order valence-corrected chi connectivity index (χ2v) is 10.8. The predicted octanol–water partition coefficient (Wildman–Crippen LogP) is 3.29. The Bertz CT molecular complexity index is 811. The standard InChI is InChI=1S/C14H14O4S4/c1-21(15,16)13-9-5-3-7-11(13)19-20-12-8-4-6-10-14(12)22(2,17)18/h3-10H,1-2H3. The van der Waals surface area contributed by atoms with Gasteiger partial charge in [0.1, 0.15) is 0 Å². The maximum atomic E-state index is 11.8. The first-order valence-corrected chi connectivity index (χ1v) is 12.1. The first kappa shape index (κ1) is 17.4. The molecule has 0 unspecified atom stereocenters. The Balaban J connectivity index is 2.34. The van der Waals surface area contributed by atoms with Crippen molar-refractivity contribution < 1.29 is 16.8 Å².